The van der Waals surface area contributed by atoms with E-state index in [0.717, 1.165) is 31.2 Å². The van der Waals surface area contributed by atoms with Gasteiger partial charge in [0, 0.05) is 6.42 Å². The van der Waals surface area contributed by atoms with Gasteiger partial charge in [-0.2, -0.15) is 0 Å². The SMILES string of the molecule is CCN1CCCC1c1ncc(CC(C)O)o1. The van der Waals surface area contributed by atoms with Crippen molar-refractivity contribution in [3.8, 4) is 0 Å². The van der Waals surface area contributed by atoms with Gasteiger partial charge in [0.05, 0.1) is 18.3 Å². The van der Waals surface area contributed by atoms with E-state index in [-0.39, 0.29) is 6.10 Å². The minimum absolute atomic E-state index is 0.341. The predicted molar refractivity (Wildman–Crippen MR) is 61.1 cm³/mol. The Morgan fingerprint density at radius 2 is 2.50 bits per heavy atom. The van der Waals surface area contributed by atoms with Crippen LogP contribution in [0.15, 0.2) is 10.6 Å². The highest BCUT2D eigenvalue weighted by Gasteiger charge is 2.28. The average molecular weight is 224 g/mol. The summed E-state index contributed by atoms with van der Waals surface area (Å²) in [5, 5.41) is 9.28. The van der Waals surface area contributed by atoms with Crippen molar-refractivity contribution in [3.05, 3.63) is 17.8 Å². The average Bonchev–Trinajstić information content (AvgIpc) is 2.83. The van der Waals surface area contributed by atoms with Crippen molar-refractivity contribution in [2.24, 2.45) is 0 Å². The number of likely N-dealkylation sites (tertiary alicyclic amines) is 1. The predicted octanol–water partition coefficient (Wildman–Crippen LogP) is 1.75. The van der Waals surface area contributed by atoms with Gasteiger partial charge in [0.2, 0.25) is 5.89 Å². The second kappa shape index (κ2) is 4.97. The molecule has 0 saturated carbocycles. The lowest BCUT2D eigenvalue weighted by Gasteiger charge is -2.19. The Hall–Kier alpha value is -0.870. The molecule has 16 heavy (non-hydrogen) atoms. The van der Waals surface area contributed by atoms with Crippen LogP contribution in [0.1, 0.15) is 44.4 Å². The second-order valence-corrected chi connectivity index (χ2v) is 4.50. The number of hydrogen-bond acceptors (Lipinski definition) is 4. The van der Waals surface area contributed by atoms with Gasteiger partial charge in [0.1, 0.15) is 5.76 Å². The van der Waals surface area contributed by atoms with Crippen LogP contribution in [0.2, 0.25) is 0 Å². The van der Waals surface area contributed by atoms with E-state index in [0.29, 0.717) is 12.5 Å². The summed E-state index contributed by atoms with van der Waals surface area (Å²) in [7, 11) is 0. The molecule has 4 heteroatoms. The zero-order chi connectivity index (χ0) is 11.5. The third kappa shape index (κ3) is 2.44. The summed E-state index contributed by atoms with van der Waals surface area (Å²) in [5.41, 5.74) is 0. The van der Waals surface area contributed by atoms with Gasteiger partial charge in [-0.05, 0) is 32.9 Å². The number of nitrogens with zero attached hydrogens (tertiary/aromatic N) is 2. The Bertz CT molecular complexity index is 336. The molecular formula is C12H20N2O2. The molecule has 1 aliphatic heterocycles. The summed E-state index contributed by atoms with van der Waals surface area (Å²) < 4.78 is 5.70. The maximum Gasteiger partial charge on any atom is 0.211 e. The molecule has 0 bridgehead atoms. The molecule has 4 nitrogen and oxygen atoms in total. The first-order chi connectivity index (χ1) is 7.70. The fourth-order valence-electron chi connectivity index (χ4n) is 2.35. The lowest BCUT2D eigenvalue weighted by atomic mass is 10.2. The molecule has 2 rings (SSSR count). The minimum atomic E-state index is -0.369. The summed E-state index contributed by atoms with van der Waals surface area (Å²) in [6, 6.07) is 0.341. The minimum Gasteiger partial charge on any atom is -0.444 e. The highest BCUT2D eigenvalue weighted by Crippen LogP contribution is 2.31. The Balaban J connectivity index is 2.06. The fraction of sp³-hybridized carbons (Fsp3) is 0.750. The zero-order valence-corrected chi connectivity index (χ0v) is 10.0. The van der Waals surface area contributed by atoms with Crippen LogP contribution < -0.4 is 0 Å². The quantitative estimate of drug-likeness (QED) is 0.846. The number of aliphatic hydroxyl groups is 1. The topological polar surface area (TPSA) is 49.5 Å². The van der Waals surface area contributed by atoms with Gasteiger partial charge < -0.3 is 9.52 Å². The maximum atomic E-state index is 9.28. The van der Waals surface area contributed by atoms with Gasteiger partial charge >= 0.3 is 0 Å². The molecule has 90 valence electrons. The normalized spacial score (nSPS) is 23.8. The van der Waals surface area contributed by atoms with Crippen LogP contribution in [0.3, 0.4) is 0 Å². The molecule has 0 aromatic carbocycles. The lowest BCUT2D eigenvalue weighted by Crippen LogP contribution is -2.22. The van der Waals surface area contributed by atoms with Gasteiger partial charge in [-0.25, -0.2) is 4.98 Å². The number of oxazole rings is 1. The van der Waals surface area contributed by atoms with Gasteiger partial charge in [0.25, 0.3) is 0 Å². The first kappa shape index (κ1) is 11.6. The molecule has 1 aromatic rings. The van der Waals surface area contributed by atoms with Gasteiger partial charge in [-0.15, -0.1) is 0 Å². The molecular weight excluding hydrogens is 204 g/mol. The zero-order valence-electron chi connectivity index (χ0n) is 10.0. The maximum absolute atomic E-state index is 9.28. The Morgan fingerprint density at radius 1 is 1.69 bits per heavy atom. The summed E-state index contributed by atoms with van der Waals surface area (Å²) in [6.07, 6.45) is 4.27. The fourth-order valence-corrected chi connectivity index (χ4v) is 2.35. The number of aliphatic hydroxyl groups excluding tert-OH is 1. The molecule has 2 unspecified atom stereocenters. The third-order valence-corrected chi connectivity index (χ3v) is 3.12. The van der Waals surface area contributed by atoms with Crippen LogP contribution in [0.5, 0.6) is 0 Å². The molecule has 1 aromatic heterocycles. The smallest absolute Gasteiger partial charge is 0.211 e. The van der Waals surface area contributed by atoms with Crippen molar-refractivity contribution < 1.29 is 9.52 Å². The van der Waals surface area contributed by atoms with Crippen molar-refractivity contribution in [3.63, 3.8) is 0 Å². The van der Waals surface area contributed by atoms with Crippen LogP contribution in [-0.2, 0) is 6.42 Å². The Morgan fingerprint density at radius 3 is 3.19 bits per heavy atom. The molecule has 1 fully saturated rings. The lowest BCUT2D eigenvalue weighted by molar-refractivity contribution is 0.182. The van der Waals surface area contributed by atoms with Crippen molar-refractivity contribution in [2.75, 3.05) is 13.1 Å². The molecule has 0 radical (unpaired) electrons. The number of aromatic nitrogens is 1. The van der Waals surface area contributed by atoms with Gasteiger partial charge in [-0.1, -0.05) is 6.92 Å². The highest BCUT2D eigenvalue weighted by atomic mass is 16.4. The summed E-state index contributed by atoms with van der Waals surface area (Å²) in [6.45, 7) is 6.10. The van der Waals surface area contributed by atoms with E-state index in [1.165, 1.54) is 6.42 Å². The third-order valence-electron chi connectivity index (χ3n) is 3.12. The van der Waals surface area contributed by atoms with E-state index in [1.54, 1.807) is 13.1 Å². The van der Waals surface area contributed by atoms with E-state index in [4.69, 9.17) is 4.42 Å². The Kier molecular flexibility index (Phi) is 3.61. The van der Waals surface area contributed by atoms with Crippen molar-refractivity contribution in [1.29, 1.82) is 0 Å². The van der Waals surface area contributed by atoms with E-state index in [9.17, 15) is 5.11 Å². The largest absolute Gasteiger partial charge is 0.444 e. The standard InChI is InChI=1S/C12H20N2O2/c1-3-14-6-4-5-11(14)12-13-8-10(16-12)7-9(2)15/h8-9,11,15H,3-7H2,1-2H3. The van der Waals surface area contributed by atoms with E-state index in [1.807, 2.05) is 0 Å². The van der Waals surface area contributed by atoms with Crippen LogP contribution in [0, 0.1) is 0 Å². The molecule has 2 atom stereocenters. The first-order valence-electron chi connectivity index (χ1n) is 6.07. The summed E-state index contributed by atoms with van der Waals surface area (Å²) in [5.74, 6) is 1.60. The number of hydrogen-bond donors (Lipinski definition) is 1. The van der Waals surface area contributed by atoms with Crippen LogP contribution >= 0.6 is 0 Å². The Labute approximate surface area is 96.3 Å². The van der Waals surface area contributed by atoms with Crippen molar-refractivity contribution in [2.45, 2.75) is 45.3 Å². The molecule has 0 aliphatic carbocycles. The van der Waals surface area contributed by atoms with Gasteiger partial charge in [-0.3, -0.25) is 4.90 Å². The summed E-state index contributed by atoms with van der Waals surface area (Å²) in [4.78, 5) is 6.72. The molecule has 1 saturated heterocycles. The molecule has 0 spiro atoms. The number of rotatable bonds is 4. The molecule has 2 heterocycles. The molecule has 0 amide bonds. The van der Waals surface area contributed by atoms with Crippen LogP contribution in [0.25, 0.3) is 0 Å². The van der Waals surface area contributed by atoms with Crippen LogP contribution in [-0.4, -0.2) is 34.2 Å². The van der Waals surface area contributed by atoms with E-state index < -0.39 is 0 Å². The molecule has 1 aliphatic rings. The van der Waals surface area contributed by atoms with E-state index in [2.05, 4.69) is 16.8 Å². The summed E-state index contributed by atoms with van der Waals surface area (Å²) >= 11 is 0. The molecule has 1 N–H and O–H groups in total. The van der Waals surface area contributed by atoms with Crippen molar-refractivity contribution >= 4 is 0 Å². The van der Waals surface area contributed by atoms with E-state index >= 15 is 0 Å². The van der Waals surface area contributed by atoms with Crippen molar-refractivity contribution in [1.82, 2.24) is 9.88 Å². The monoisotopic (exact) mass is 224 g/mol. The highest BCUT2D eigenvalue weighted by molar-refractivity contribution is 5.01. The van der Waals surface area contributed by atoms with Gasteiger partial charge in [0.15, 0.2) is 0 Å². The van der Waals surface area contributed by atoms with Crippen LogP contribution in [0.4, 0.5) is 0 Å². The first-order valence-corrected chi connectivity index (χ1v) is 6.07. The second-order valence-electron chi connectivity index (χ2n) is 4.50.